The van der Waals surface area contributed by atoms with Gasteiger partial charge in [0.2, 0.25) is 0 Å². The maximum Gasteiger partial charge on any atom is 0.0349 e. The minimum Gasteiger partial charge on any atom is -0.144 e. The van der Waals surface area contributed by atoms with Crippen molar-refractivity contribution in [2.45, 2.75) is 0 Å². The zero-order valence-electron chi connectivity index (χ0n) is 10.7. The molecule has 2 aromatic heterocycles. The summed E-state index contributed by atoms with van der Waals surface area (Å²) >= 11 is 3.60. The highest BCUT2D eigenvalue weighted by molar-refractivity contribution is 7.14. The maximum absolute atomic E-state index is 2.34. The summed E-state index contributed by atoms with van der Waals surface area (Å²) in [6.45, 7) is 0. The summed E-state index contributed by atoms with van der Waals surface area (Å²) in [7, 11) is 0. The Morgan fingerprint density at radius 3 is 1.50 bits per heavy atom. The van der Waals surface area contributed by atoms with E-state index in [1.54, 1.807) is 22.7 Å². The molecule has 0 amide bonds. The van der Waals surface area contributed by atoms with Crippen molar-refractivity contribution in [3.63, 3.8) is 0 Å². The molecule has 4 rings (SSSR count). The van der Waals surface area contributed by atoms with Crippen molar-refractivity contribution < 1.29 is 0 Å². The van der Waals surface area contributed by atoms with Gasteiger partial charge in [0.05, 0.1) is 0 Å². The highest BCUT2D eigenvalue weighted by atomic mass is 32.1. The quantitative estimate of drug-likeness (QED) is 0.409. The third-order valence-corrected chi connectivity index (χ3v) is 5.29. The second-order valence-electron chi connectivity index (χ2n) is 4.66. The van der Waals surface area contributed by atoms with Crippen molar-refractivity contribution in [1.82, 2.24) is 0 Å². The summed E-state index contributed by atoms with van der Waals surface area (Å²) in [5.41, 5.74) is 5.35. The van der Waals surface area contributed by atoms with Crippen molar-refractivity contribution in [3.05, 3.63) is 71.4 Å². The van der Waals surface area contributed by atoms with E-state index in [9.17, 15) is 0 Å². The highest BCUT2D eigenvalue weighted by Crippen LogP contribution is 2.45. The highest BCUT2D eigenvalue weighted by Gasteiger charge is 2.17. The second kappa shape index (κ2) is 4.89. The molecule has 0 aliphatic heterocycles. The van der Waals surface area contributed by atoms with Crippen LogP contribution in [0.4, 0.5) is 0 Å². The lowest BCUT2D eigenvalue weighted by molar-refractivity contribution is 1.81. The Balaban J connectivity index is 2.03. The molecule has 96 valence electrons. The van der Waals surface area contributed by atoms with Gasteiger partial charge in [0, 0.05) is 20.9 Å². The summed E-state index contributed by atoms with van der Waals surface area (Å²) in [6, 6.07) is 21.8. The predicted octanol–water partition coefficient (Wildman–Crippen LogP) is 6.25. The van der Waals surface area contributed by atoms with E-state index >= 15 is 0 Å². The van der Waals surface area contributed by atoms with Gasteiger partial charge >= 0.3 is 0 Å². The number of hydrogen-bond acceptors (Lipinski definition) is 2. The van der Waals surface area contributed by atoms with E-state index in [0.29, 0.717) is 0 Å². The fourth-order valence-electron chi connectivity index (χ4n) is 2.59. The second-order valence-corrected chi connectivity index (χ2v) is 6.56. The first-order chi connectivity index (χ1) is 9.93. The van der Waals surface area contributed by atoms with Gasteiger partial charge in [-0.05, 0) is 40.1 Å². The molecule has 0 fully saturated rings. The van der Waals surface area contributed by atoms with Crippen molar-refractivity contribution in [3.8, 4) is 32.0 Å². The van der Waals surface area contributed by atoms with Gasteiger partial charge < -0.3 is 0 Å². The molecule has 2 heterocycles. The maximum atomic E-state index is 2.34. The smallest absolute Gasteiger partial charge is 0.0349 e. The van der Waals surface area contributed by atoms with E-state index in [0.717, 1.165) is 0 Å². The zero-order chi connectivity index (χ0) is 13.4. The molecule has 0 nitrogen and oxygen atoms in total. The molecule has 0 spiro atoms. The van der Waals surface area contributed by atoms with Crippen LogP contribution in [-0.4, -0.2) is 0 Å². The first-order valence-corrected chi connectivity index (χ1v) is 8.29. The third kappa shape index (κ3) is 1.89. The Morgan fingerprint density at radius 1 is 0.500 bits per heavy atom. The molecule has 2 aromatic rings. The largest absolute Gasteiger partial charge is 0.144 e. The van der Waals surface area contributed by atoms with Gasteiger partial charge in [-0.3, -0.25) is 0 Å². The van der Waals surface area contributed by atoms with Crippen molar-refractivity contribution in [2.24, 2.45) is 0 Å². The molecule has 0 saturated heterocycles. The number of rotatable bonds is 2. The monoisotopic (exact) mass is 292 g/mol. The molecule has 0 aromatic carbocycles. The molecule has 2 aliphatic rings. The first-order valence-electron chi connectivity index (χ1n) is 6.53. The molecule has 0 atom stereocenters. The SMILES string of the molecule is c1ccc2c(-c3cccs3)cc(-c3cccs3)c-2cc1. The average molecular weight is 292 g/mol. The van der Waals surface area contributed by atoms with Gasteiger partial charge in [-0.2, -0.15) is 0 Å². The van der Waals surface area contributed by atoms with Crippen molar-refractivity contribution >= 4 is 22.7 Å². The molecule has 0 N–H and O–H groups in total. The van der Waals surface area contributed by atoms with Crippen LogP contribution in [0, 0.1) is 0 Å². The molecular formula is C18H12S2. The van der Waals surface area contributed by atoms with Crippen molar-refractivity contribution in [1.29, 1.82) is 0 Å². The van der Waals surface area contributed by atoms with E-state index in [4.69, 9.17) is 0 Å². The molecule has 2 aliphatic carbocycles. The van der Waals surface area contributed by atoms with Crippen LogP contribution in [-0.2, 0) is 0 Å². The molecule has 20 heavy (non-hydrogen) atoms. The summed E-state index contributed by atoms with van der Waals surface area (Å²) in [5, 5.41) is 4.28. The number of fused-ring (bicyclic) bond motifs is 1. The van der Waals surface area contributed by atoms with Crippen LogP contribution in [0.3, 0.4) is 0 Å². The molecule has 0 unspecified atom stereocenters. The van der Waals surface area contributed by atoms with E-state index < -0.39 is 0 Å². The molecular weight excluding hydrogens is 280 g/mol. The Hall–Kier alpha value is -1.90. The van der Waals surface area contributed by atoms with Crippen LogP contribution >= 0.6 is 22.7 Å². The van der Waals surface area contributed by atoms with Gasteiger partial charge in [0.25, 0.3) is 0 Å². The molecule has 0 saturated carbocycles. The van der Waals surface area contributed by atoms with Crippen LogP contribution < -0.4 is 0 Å². The van der Waals surface area contributed by atoms with Crippen LogP contribution in [0.2, 0.25) is 0 Å². The van der Waals surface area contributed by atoms with Gasteiger partial charge in [-0.25, -0.2) is 0 Å². The minimum absolute atomic E-state index is 1.33. The topological polar surface area (TPSA) is 0 Å². The lowest BCUT2D eigenvalue weighted by Crippen LogP contribution is -1.72. The summed E-state index contributed by atoms with van der Waals surface area (Å²) in [4.78, 5) is 2.67. The van der Waals surface area contributed by atoms with E-state index in [1.165, 1.54) is 32.0 Å². The predicted molar refractivity (Wildman–Crippen MR) is 89.7 cm³/mol. The third-order valence-electron chi connectivity index (χ3n) is 3.48. The van der Waals surface area contributed by atoms with Crippen LogP contribution in [0.1, 0.15) is 0 Å². The summed E-state index contributed by atoms with van der Waals surface area (Å²) < 4.78 is 0. The van der Waals surface area contributed by atoms with E-state index in [1.807, 2.05) is 0 Å². The lowest BCUT2D eigenvalue weighted by Gasteiger charge is -1.99. The Morgan fingerprint density at radius 2 is 1.05 bits per heavy atom. The number of thiophene rings is 2. The normalized spacial score (nSPS) is 11.0. The van der Waals surface area contributed by atoms with Crippen LogP contribution in [0.25, 0.3) is 32.0 Å². The number of hydrogen-bond donors (Lipinski definition) is 0. The van der Waals surface area contributed by atoms with Gasteiger partial charge in [0.1, 0.15) is 0 Å². The first kappa shape index (κ1) is 11.9. The fraction of sp³-hybridized carbons (Fsp3) is 0. The summed E-state index contributed by atoms with van der Waals surface area (Å²) in [6.07, 6.45) is 0. The molecule has 0 radical (unpaired) electrons. The van der Waals surface area contributed by atoms with Crippen LogP contribution in [0.15, 0.2) is 71.4 Å². The Kier molecular flexibility index (Phi) is 2.91. The lowest BCUT2D eigenvalue weighted by atomic mass is 10.1. The minimum atomic E-state index is 1.33. The zero-order valence-corrected chi connectivity index (χ0v) is 12.4. The Bertz CT molecular complexity index is 729. The molecule has 0 bridgehead atoms. The van der Waals surface area contributed by atoms with Gasteiger partial charge in [-0.15, -0.1) is 22.7 Å². The van der Waals surface area contributed by atoms with Gasteiger partial charge in [-0.1, -0.05) is 42.5 Å². The summed E-state index contributed by atoms with van der Waals surface area (Å²) in [5.74, 6) is 0. The van der Waals surface area contributed by atoms with E-state index in [2.05, 4.69) is 71.4 Å². The van der Waals surface area contributed by atoms with Crippen molar-refractivity contribution in [2.75, 3.05) is 0 Å². The standard InChI is InChI=1S/C18H12S2/c1-2-6-13-14(7-3-1)16(18-9-5-11-20-18)12-15(13)17-8-4-10-19-17/h1-12H. The van der Waals surface area contributed by atoms with E-state index in [-0.39, 0.29) is 0 Å². The van der Waals surface area contributed by atoms with Gasteiger partial charge in [0.15, 0.2) is 0 Å². The fourth-order valence-corrected chi connectivity index (χ4v) is 4.10. The average Bonchev–Trinajstić information content (AvgIpc) is 3.16. The molecule has 2 heteroatoms. The Labute approximate surface area is 126 Å². The van der Waals surface area contributed by atoms with Crippen LogP contribution in [0.5, 0.6) is 0 Å².